The zero-order chi connectivity index (χ0) is 15.7. The Morgan fingerprint density at radius 1 is 1.32 bits per heavy atom. The van der Waals surface area contributed by atoms with Crippen molar-refractivity contribution in [3.8, 4) is 0 Å². The highest BCUT2D eigenvalue weighted by Gasteiger charge is 2.74. The molecule has 1 aliphatic carbocycles. The summed E-state index contributed by atoms with van der Waals surface area (Å²) >= 11 is 0. The predicted molar refractivity (Wildman–Crippen MR) is 73.2 cm³/mol. The van der Waals surface area contributed by atoms with Gasteiger partial charge in [0, 0.05) is 11.6 Å². The molecule has 1 aromatic rings. The standard InChI is InChI=1S/C16H16F3NO2/c1-8-4-9(16(17,18)19)6-10(5-8)20-14(21)15-7-11(15)12-2-3-13(15)22-12/h4-6,11-13H,2-3,7H2,1H3,(H,20,21). The van der Waals surface area contributed by atoms with Gasteiger partial charge in [-0.1, -0.05) is 0 Å². The third-order valence-corrected chi connectivity index (χ3v) is 5.22. The smallest absolute Gasteiger partial charge is 0.374 e. The quantitative estimate of drug-likeness (QED) is 0.907. The molecule has 3 aliphatic rings. The number of amides is 1. The van der Waals surface area contributed by atoms with E-state index in [1.54, 1.807) is 13.0 Å². The lowest BCUT2D eigenvalue weighted by atomic mass is 9.87. The lowest BCUT2D eigenvalue weighted by molar-refractivity contribution is -0.137. The van der Waals surface area contributed by atoms with Crippen molar-refractivity contribution in [2.45, 2.75) is 44.6 Å². The van der Waals surface area contributed by atoms with Gasteiger partial charge in [-0.25, -0.2) is 0 Å². The zero-order valence-corrected chi connectivity index (χ0v) is 12.0. The molecule has 1 amide bonds. The fraction of sp³-hybridized carbons (Fsp3) is 0.562. The molecule has 1 saturated carbocycles. The molecule has 22 heavy (non-hydrogen) atoms. The molecular formula is C16H16F3NO2. The molecule has 0 spiro atoms. The summed E-state index contributed by atoms with van der Waals surface area (Å²) in [6.45, 7) is 1.59. The molecule has 0 radical (unpaired) electrons. The van der Waals surface area contributed by atoms with Gasteiger partial charge < -0.3 is 10.1 Å². The van der Waals surface area contributed by atoms with Crippen molar-refractivity contribution in [3.05, 3.63) is 29.3 Å². The number of hydrogen-bond donors (Lipinski definition) is 1. The summed E-state index contributed by atoms with van der Waals surface area (Å²) in [6, 6.07) is 3.64. The van der Waals surface area contributed by atoms with E-state index in [1.807, 2.05) is 0 Å². The lowest BCUT2D eigenvalue weighted by Crippen LogP contribution is -2.34. The molecule has 4 rings (SSSR count). The Morgan fingerprint density at radius 3 is 2.73 bits per heavy atom. The van der Waals surface area contributed by atoms with E-state index in [4.69, 9.17) is 4.74 Å². The van der Waals surface area contributed by atoms with Crippen LogP contribution in [0.25, 0.3) is 0 Å². The minimum atomic E-state index is -4.42. The van der Waals surface area contributed by atoms with Crippen LogP contribution < -0.4 is 5.32 Å². The number of benzene rings is 1. The maximum Gasteiger partial charge on any atom is 0.416 e. The van der Waals surface area contributed by atoms with E-state index in [0.29, 0.717) is 5.56 Å². The van der Waals surface area contributed by atoms with Gasteiger partial charge in [-0.2, -0.15) is 13.2 Å². The summed E-state index contributed by atoms with van der Waals surface area (Å²) in [5.74, 6) is 0.0570. The second kappa shape index (κ2) is 4.25. The summed E-state index contributed by atoms with van der Waals surface area (Å²) in [6.07, 6.45) is -1.65. The van der Waals surface area contributed by atoms with E-state index in [0.717, 1.165) is 31.4 Å². The third-order valence-electron chi connectivity index (χ3n) is 5.22. The average molecular weight is 311 g/mol. The Morgan fingerprint density at radius 2 is 2.09 bits per heavy atom. The fourth-order valence-corrected chi connectivity index (χ4v) is 4.15. The Bertz CT molecular complexity index is 657. The van der Waals surface area contributed by atoms with E-state index < -0.39 is 17.2 Å². The molecule has 3 fully saturated rings. The molecule has 1 N–H and O–H groups in total. The Balaban J connectivity index is 1.57. The molecule has 2 heterocycles. The third kappa shape index (κ3) is 1.89. The minimum absolute atomic E-state index is 0.0607. The normalized spacial score (nSPS) is 35.4. The number of carbonyl (C=O) groups excluding carboxylic acids is 1. The van der Waals surface area contributed by atoms with Crippen LogP contribution in [0.2, 0.25) is 0 Å². The Kier molecular flexibility index (Phi) is 2.72. The van der Waals surface area contributed by atoms with Crippen molar-refractivity contribution in [2.24, 2.45) is 11.3 Å². The fourth-order valence-electron chi connectivity index (χ4n) is 4.15. The number of aryl methyl sites for hydroxylation is 1. The number of ether oxygens (including phenoxy) is 1. The van der Waals surface area contributed by atoms with Crippen molar-refractivity contribution in [2.75, 3.05) is 5.32 Å². The number of rotatable bonds is 2. The second-order valence-corrected chi connectivity index (χ2v) is 6.63. The van der Waals surface area contributed by atoms with Gasteiger partial charge in [-0.05, 0) is 49.9 Å². The van der Waals surface area contributed by atoms with Gasteiger partial charge in [-0.3, -0.25) is 4.79 Å². The lowest BCUT2D eigenvalue weighted by Gasteiger charge is -2.20. The number of anilines is 1. The topological polar surface area (TPSA) is 38.3 Å². The predicted octanol–water partition coefficient (Wildman–Crippen LogP) is 3.52. The van der Waals surface area contributed by atoms with Gasteiger partial charge in [0.2, 0.25) is 5.91 Å². The molecule has 1 aromatic carbocycles. The van der Waals surface area contributed by atoms with Crippen LogP contribution in [0.5, 0.6) is 0 Å². The molecule has 0 aromatic heterocycles. The van der Waals surface area contributed by atoms with Crippen molar-refractivity contribution in [1.82, 2.24) is 0 Å². The van der Waals surface area contributed by atoms with E-state index in [-0.39, 0.29) is 29.7 Å². The molecule has 6 heteroatoms. The maximum absolute atomic E-state index is 12.9. The molecule has 4 atom stereocenters. The summed E-state index contributed by atoms with van der Waals surface area (Å²) in [7, 11) is 0. The second-order valence-electron chi connectivity index (χ2n) is 6.63. The van der Waals surface area contributed by atoms with E-state index in [9.17, 15) is 18.0 Å². The number of carbonyl (C=O) groups is 1. The first kappa shape index (κ1) is 14.1. The number of alkyl halides is 3. The number of fused-ring (bicyclic) bond motifs is 5. The van der Waals surface area contributed by atoms with Crippen molar-refractivity contribution in [1.29, 1.82) is 0 Å². The molecule has 2 aliphatic heterocycles. The van der Waals surface area contributed by atoms with Gasteiger partial charge in [0.15, 0.2) is 0 Å². The van der Waals surface area contributed by atoms with Gasteiger partial charge in [0.05, 0.1) is 23.2 Å². The van der Waals surface area contributed by atoms with Gasteiger partial charge in [0.25, 0.3) is 0 Å². The van der Waals surface area contributed by atoms with Crippen molar-refractivity contribution >= 4 is 11.6 Å². The highest BCUT2D eigenvalue weighted by atomic mass is 19.4. The van der Waals surface area contributed by atoms with Crippen LogP contribution in [0.15, 0.2) is 18.2 Å². The first-order valence-corrected chi connectivity index (χ1v) is 7.46. The molecule has 2 bridgehead atoms. The van der Waals surface area contributed by atoms with Crippen molar-refractivity contribution in [3.63, 3.8) is 0 Å². The van der Waals surface area contributed by atoms with Gasteiger partial charge in [0.1, 0.15) is 0 Å². The number of hydrogen-bond acceptors (Lipinski definition) is 2. The van der Waals surface area contributed by atoms with Gasteiger partial charge in [-0.15, -0.1) is 0 Å². The van der Waals surface area contributed by atoms with Gasteiger partial charge >= 0.3 is 6.18 Å². The summed E-state index contributed by atoms with van der Waals surface area (Å²) in [5, 5.41) is 2.69. The van der Waals surface area contributed by atoms with Crippen LogP contribution in [0, 0.1) is 18.3 Å². The SMILES string of the molecule is Cc1cc(NC(=O)C23CC2C2CCC3O2)cc(C(F)(F)F)c1. The average Bonchev–Trinajstić information content (AvgIpc) is 2.92. The van der Waals surface area contributed by atoms with Crippen LogP contribution in [-0.4, -0.2) is 18.1 Å². The van der Waals surface area contributed by atoms with Crippen LogP contribution in [0.4, 0.5) is 18.9 Å². The first-order chi connectivity index (χ1) is 10.3. The molecular weight excluding hydrogens is 295 g/mol. The highest BCUT2D eigenvalue weighted by Crippen LogP contribution is 2.68. The summed E-state index contributed by atoms with van der Waals surface area (Å²) < 4.78 is 44.3. The van der Waals surface area contributed by atoms with Crippen LogP contribution >= 0.6 is 0 Å². The largest absolute Gasteiger partial charge is 0.416 e. The monoisotopic (exact) mass is 311 g/mol. The van der Waals surface area contributed by atoms with Crippen LogP contribution in [-0.2, 0) is 15.7 Å². The molecule has 2 saturated heterocycles. The number of halogens is 3. The maximum atomic E-state index is 12.9. The van der Waals surface area contributed by atoms with Crippen molar-refractivity contribution < 1.29 is 22.7 Å². The summed E-state index contributed by atoms with van der Waals surface area (Å²) in [4.78, 5) is 12.6. The Labute approximate surface area is 125 Å². The number of nitrogens with one attached hydrogen (secondary N) is 1. The highest BCUT2D eigenvalue weighted by molar-refractivity contribution is 5.99. The zero-order valence-electron chi connectivity index (χ0n) is 12.0. The molecule has 118 valence electrons. The van der Waals surface area contributed by atoms with E-state index in [1.165, 1.54) is 0 Å². The Hall–Kier alpha value is -1.56. The first-order valence-electron chi connectivity index (χ1n) is 7.46. The minimum Gasteiger partial charge on any atom is -0.374 e. The van der Waals surface area contributed by atoms with Crippen LogP contribution in [0.1, 0.15) is 30.4 Å². The van der Waals surface area contributed by atoms with E-state index >= 15 is 0 Å². The summed E-state index contributed by atoms with van der Waals surface area (Å²) in [5.41, 5.74) is -0.554. The van der Waals surface area contributed by atoms with E-state index in [2.05, 4.69) is 5.32 Å². The molecule has 3 nitrogen and oxygen atoms in total. The van der Waals surface area contributed by atoms with Crippen LogP contribution in [0.3, 0.4) is 0 Å². The molecule has 4 unspecified atom stereocenters.